The molecule has 0 bridgehead atoms. The topological polar surface area (TPSA) is 93.9 Å². The lowest BCUT2D eigenvalue weighted by molar-refractivity contribution is -0.118. The molecule has 0 saturated heterocycles. The first kappa shape index (κ1) is 28.2. The van der Waals surface area contributed by atoms with Crippen LogP contribution >= 0.6 is 0 Å². The van der Waals surface area contributed by atoms with Gasteiger partial charge >= 0.3 is 0 Å². The number of nitrogens with zero attached hydrogens (tertiary/aromatic N) is 2. The van der Waals surface area contributed by atoms with Crippen molar-refractivity contribution >= 4 is 23.7 Å². The molecule has 0 unspecified atom stereocenters. The van der Waals surface area contributed by atoms with Crippen LogP contribution in [0.25, 0.3) is 5.69 Å². The zero-order valence-corrected chi connectivity index (χ0v) is 23.7. The van der Waals surface area contributed by atoms with Crippen LogP contribution in [0.5, 0.6) is 11.5 Å². The number of carbonyl (C=O) groups is 2. The summed E-state index contributed by atoms with van der Waals surface area (Å²) in [5.74, 6) is 0.294. The molecule has 4 rings (SSSR count). The fraction of sp³-hybridized carbons (Fsp3) is 0.219. The first-order valence-corrected chi connectivity index (χ1v) is 12.9. The molecular formula is C32H34N4O4. The molecule has 1 aromatic heterocycles. The highest BCUT2D eigenvalue weighted by Crippen LogP contribution is 2.28. The molecule has 8 heteroatoms. The predicted molar refractivity (Wildman–Crippen MR) is 158 cm³/mol. The van der Waals surface area contributed by atoms with Crippen LogP contribution in [-0.2, 0) is 4.79 Å². The lowest BCUT2D eigenvalue weighted by Gasteiger charge is -2.14. The Bertz CT molecular complexity index is 1550. The van der Waals surface area contributed by atoms with E-state index in [-0.39, 0.29) is 18.4 Å². The van der Waals surface area contributed by atoms with Crippen molar-refractivity contribution in [1.29, 1.82) is 0 Å². The van der Waals surface area contributed by atoms with Gasteiger partial charge in [0.2, 0.25) is 0 Å². The minimum absolute atomic E-state index is 0.173. The maximum atomic E-state index is 12.8. The second-order valence-corrected chi connectivity index (χ2v) is 9.68. The van der Waals surface area contributed by atoms with E-state index >= 15 is 0 Å². The van der Waals surface area contributed by atoms with Crippen LogP contribution in [-0.4, -0.2) is 36.3 Å². The zero-order valence-electron chi connectivity index (χ0n) is 23.7. The van der Waals surface area contributed by atoms with Gasteiger partial charge in [0.25, 0.3) is 11.8 Å². The summed E-state index contributed by atoms with van der Waals surface area (Å²) < 4.78 is 13.2. The number of nitrogens with one attached hydrogen (secondary N) is 2. The Labute approximate surface area is 234 Å². The number of amides is 2. The third kappa shape index (κ3) is 6.40. The average Bonchev–Trinajstić information content (AvgIpc) is 3.23. The van der Waals surface area contributed by atoms with Gasteiger partial charge in [-0.15, -0.1) is 0 Å². The van der Waals surface area contributed by atoms with Gasteiger partial charge in [0, 0.05) is 22.8 Å². The Balaban J connectivity index is 1.38. The summed E-state index contributed by atoms with van der Waals surface area (Å²) in [6, 6.07) is 21.0. The van der Waals surface area contributed by atoms with Crippen LogP contribution < -0.4 is 20.2 Å². The summed E-state index contributed by atoms with van der Waals surface area (Å²) in [7, 11) is 1.52. The normalized spacial score (nSPS) is 10.9. The number of aryl methyl sites for hydroxylation is 4. The summed E-state index contributed by atoms with van der Waals surface area (Å²) in [4.78, 5) is 25.4. The van der Waals surface area contributed by atoms with Crippen molar-refractivity contribution in [2.45, 2.75) is 34.6 Å². The highest BCUT2D eigenvalue weighted by atomic mass is 16.5. The SMILES string of the molecule is COc1cc(/C=N\NC(=O)c2cc(C)n(-c3ccccc3)c2C)ccc1OCC(=O)Nc1c(C)cc(C)cc1C. The van der Waals surface area contributed by atoms with E-state index in [1.54, 1.807) is 18.2 Å². The van der Waals surface area contributed by atoms with Crippen LogP contribution in [0.15, 0.2) is 71.8 Å². The molecule has 206 valence electrons. The third-order valence-corrected chi connectivity index (χ3v) is 6.56. The second kappa shape index (κ2) is 12.3. The molecule has 1 heterocycles. The maximum absolute atomic E-state index is 12.8. The van der Waals surface area contributed by atoms with Crippen molar-refractivity contribution in [3.8, 4) is 17.2 Å². The molecule has 4 aromatic rings. The fourth-order valence-corrected chi connectivity index (χ4v) is 4.77. The zero-order chi connectivity index (χ0) is 28.8. The maximum Gasteiger partial charge on any atom is 0.273 e. The van der Waals surface area contributed by atoms with E-state index < -0.39 is 0 Å². The molecule has 40 heavy (non-hydrogen) atoms. The van der Waals surface area contributed by atoms with Crippen LogP contribution in [0, 0.1) is 34.6 Å². The van der Waals surface area contributed by atoms with E-state index in [0.717, 1.165) is 39.5 Å². The van der Waals surface area contributed by atoms with Crippen LogP contribution in [0.3, 0.4) is 0 Å². The first-order chi connectivity index (χ1) is 19.2. The van der Waals surface area contributed by atoms with Gasteiger partial charge in [-0.1, -0.05) is 35.9 Å². The van der Waals surface area contributed by atoms with E-state index in [0.29, 0.717) is 22.6 Å². The van der Waals surface area contributed by atoms with Gasteiger partial charge in [0.15, 0.2) is 18.1 Å². The monoisotopic (exact) mass is 538 g/mol. The Kier molecular flexibility index (Phi) is 8.69. The van der Waals surface area contributed by atoms with Gasteiger partial charge in [0.1, 0.15) is 0 Å². The molecule has 0 fully saturated rings. The molecule has 0 saturated carbocycles. The van der Waals surface area contributed by atoms with E-state index in [1.807, 2.05) is 87.7 Å². The van der Waals surface area contributed by atoms with Crippen molar-refractivity contribution in [2.75, 3.05) is 19.0 Å². The van der Waals surface area contributed by atoms with Gasteiger partial charge < -0.3 is 19.4 Å². The minimum atomic E-state index is -0.302. The van der Waals surface area contributed by atoms with Gasteiger partial charge in [0.05, 0.1) is 18.9 Å². The third-order valence-electron chi connectivity index (χ3n) is 6.56. The number of hydrazone groups is 1. The van der Waals surface area contributed by atoms with E-state index in [9.17, 15) is 9.59 Å². The van der Waals surface area contributed by atoms with Gasteiger partial charge in [-0.05, 0) is 87.7 Å². The summed E-state index contributed by atoms with van der Waals surface area (Å²) in [6.07, 6.45) is 1.52. The van der Waals surface area contributed by atoms with Crippen LogP contribution in [0.2, 0.25) is 0 Å². The first-order valence-electron chi connectivity index (χ1n) is 12.9. The molecule has 8 nitrogen and oxygen atoms in total. The number of carbonyl (C=O) groups excluding carboxylic acids is 2. The van der Waals surface area contributed by atoms with Crippen molar-refractivity contribution in [3.63, 3.8) is 0 Å². The van der Waals surface area contributed by atoms with Gasteiger partial charge in [-0.25, -0.2) is 5.43 Å². The summed E-state index contributed by atoms with van der Waals surface area (Å²) in [6.45, 7) is 9.65. The van der Waals surface area contributed by atoms with E-state index in [4.69, 9.17) is 9.47 Å². The standard InChI is InChI=1S/C32H34N4O4/c1-20-14-21(2)31(22(3)15-20)34-30(37)19-40-28-13-12-25(17-29(28)39-6)18-33-35-32(38)27-16-23(4)36(24(27)5)26-10-8-7-9-11-26/h7-18H,19H2,1-6H3,(H,34,37)(H,35,38)/b33-18-. The molecule has 0 aliphatic heterocycles. The second-order valence-electron chi connectivity index (χ2n) is 9.68. The van der Waals surface area contributed by atoms with Gasteiger partial charge in [-0.3, -0.25) is 9.59 Å². The number of anilines is 1. The lowest BCUT2D eigenvalue weighted by Crippen LogP contribution is -2.21. The van der Waals surface area contributed by atoms with Crippen molar-refractivity contribution in [3.05, 3.63) is 106 Å². The summed E-state index contributed by atoms with van der Waals surface area (Å²) in [5.41, 5.74) is 10.6. The molecule has 2 amide bonds. The molecule has 0 radical (unpaired) electrons. The number of benzene rings is 3. The number of hydrogen-bond donors (Lipinski definition) is 2. The Morgan fingerprint density at radius 1 is 0.900 bits per heavy atom. The number of methoxy groups -OCH3 is 1. The number of ether oxygens (including phenoxy) is 2. The number of hydrogen-bond acceptors (Lipinski definition) is 5. The minimum Gasteiger partial charge on any atom is -0.493 e. The largest absolute Gasteiger partial charge is 0.493 e. The Morgan fingerprint density at radius 2 is 1.60 bits per heavy atom. The van der Waals surface area contributed by atoms with E-state index in [1.165, 1.54) is 13.3 Å². The van der Waals surface area contributed by atoms with Crippen molar-refractivity contribution in [1.82, 2.24) is 9.99 Å². The smallest absolute Gasteiger partial charge is 0.273 e. The Morgan fingerprint density at radius 3 is 2.27 bits per heavy atom. The summed E-state index contributed by atoms with van der Waals surface area (Å²) in [5, 5.41) is 7.05. The Hall–Kier alpha value is -4.85. The van der Waals surface area contributed by atoms with Gasteiger partial charge in [-0.2, -0.15) is 5.10 Å². The van der Waals surface area contributed by atoms with Crippen LogP contribution in [0.1, 0.15) is 44.0 Å². The molecule has 0 spiro atoms. The predicted octanol–water partition coefficient (Wildman–Crippen LogP) is 5.81. The fourth-order valence-electron chi connectivity index (χ4n) is 4.77. The molecular weight excluding hydrogens is 504 g/mol. The quantitative estimate of drug-likeness (QED) is 0.208. The number of rotatable bonds is 9. The van der Waals surface area contributed by atoms with Crippen molar-refractivity contribution in [2.24, 2.45) is 5.10 Å². The molecule has 0 aliphatic rings. The van der Waals surface area contributed by atoms with Crippen LogP contribution in [0.4, 0.5) is 5.69 Å². The summed E-state index contributed by atoms with van der Waals surface area (Å²) >= 11 is 0. The molecule has 2 N–H and O–H groups in total. The average molecular weight is 539 g/mol. The molecule has 0 aliphatic carbocycles. The highest BCUT2D eigenvalue weighted by Gasteiger charge is 2.16. The lowest BCUT2D eigenvalue weighted by atomic mass is 10.1. The number of para-hydroxylation sites is 1. The van der Waals surface area contributed by atoms with E-state index in [2.05, 4.69) is 15.8 Å². The molecule has 0 atom stereocenters. The highest BCUT2D eigenvalue weighted by molar-refractivity contribution is 5.96. The number of aromatic nitrogens is 1. The molecule has 3 aromatic carbocycles. The van der Waals surface area contributed by atoms with Crippen molar-refractivity contribution < 1.29 is 19.1 Å².